The summed E-state index contributed by atoms with van der Waals surface area (Å²) in [5, 5.41) is 8.54. The fourth-order valence-electron chi connectivity index (χ4n) is 5.22. The molecule has 2 aromatic carbocycles. The third-order valence-corrected chi connectivity index (χ3v) is 7.97. The Bertz CT molecular complexity index is 1210. The average Bonchev–Trinajstić information content (AvgIpc) is 3.75. The van der Waals surface area contributed by atoms with Crippen molar-refractivity contribution >= 4 is 23.5 Å². The third kappa shape index (κ3) is 8.39. The van der Waals surface area contributed by atoms with Crippen LogP contribution in [-0.4, -0.2) is 60.9 Å². The molecule has 0 radical (unpaired) electrons. The van der Waals surface area contributed by atoms with Crippen LogP contribution in [0.5, 0.6) is 5.75 Å². The number of Topliss-reactive ketones (excluding diaryl/α,β-unsaturated/α-hetero) is 1. The molecule has 1 aliphatic carbocycles. The molecule has 2 aromatic rings. The van der Waals surface area contributed by atoms with Crippen LogP contribution in [0, 0.1) is 5.92 Å². The Kier molecular flexibility index (Phi) is 10.2. The number of carbonyl (C=O) groups is 4. The smallest absolute Gasteiger partial charge is 0.243 e. The summed E-state index contributed by atoms with van der Waals surface area (Å²) in [5.74, 6) is -0.714. The minimum Gasteiger partial charge on any atom is -0.497 e. The summed E-state index contributed by atoms with van der Waals surface area (Å²) in [5.41, 5.74) is 0.762. The van der Waals surface area contributed by atoms with Crippen molar-refractivity contribution in [3.05, 3.63) is 65.7 Å². The Morgan fingerprint density at radius 1 is 0.854 bits per heavy atom. The van der Waals surface area contributed by atoms with Crippen LogP contribution in [0.4, 0.5) is 0 Å². The van der Waals surface area contributed by atoms with Gasteiger partial charge in [0.1, 0.15) is 23.4 Å². The van der Waals surface area contributed by atoms with Gasteiger partial charge in [-0.2, -0.15) is 0 Å². The molecule has 0 unspecified atom stereocenters. The molecule has 1 saturated carbocycles. The van der Waals surface area contributed by atoms with Crippen molar-refractivity contribution in [3.63, 3.8) is 0 Å². The monoisotopic (exact) mass is 563 g/mol. The van der Waals surface area contributed by atoms with E-state index in [1.807, 2.05) is 42.5 Å². The van der Waals surface area contributed by atoms with Crippen LogP contribution in [0.3, 0.4) is 0 Å². The fourth-order valence-corrected chi connectivity index (χ4v) is 5.22. The number of amides is 3. The van der Waals surface area contributed by atoms with Crippen LogP contribution < -0.4 is 20.7 Å². The highest BCUT2D eigenvalue weighted by atomic mass is 16.6. The van der Waals surface area contributed by atoms with Gasteiger partial charge >= 0.3 is 0 Å². The zero-order valence-electron chi connectivity index (χ0n) is 24.1. The van der Waals surface area contributed by atoms with E-state index >= 15 is 0 Å². The van der Waals surface area contributed by atoms with E-state index in [-0.39, 0.29) is 24.0 Å². The Labute approximate surface area is 241 Å². The maximum absolute atomic E-state index is 13.7. The van der Waals surface area contributed by atoms with Gasteiger partial charge in [0.2, 0.25) is 17.7 Å². The summed E-state index contributed by atoms with van der Waals surface area (Å²) < 4.78 is 10.6. The van der Waals surface area contributed by atoms with Crippen LogP contribution in [0.25, 0.3) is 0 Å². The van der Waals surface area contributed by atoms with Gasteiger partial charge in [0.25, 0.3) is 0 Å². The Morgan fingerprint density at radius 2 is 1.44 bits per heavy atom. The van der Waals surface area contributed by atoms with Gasteiger partial charge < -0.3 is 25.4 Å². The first-order chi connectivity index (χ1) is 19.7. The van der Waals surface area contributed by atoms with Crippen molar-refractivity contribution in [1.82, 2.24) is 16.0 Å². The van der Waals surface area contributed by atoms with Crippen molar-refractivity contribution in [2.45, 2.75) is 82.5 Å². The second kappa shape index (κ2) is 13.8. The number of ether oxygens (including phenoxy) is 2. The van der Waals surface area contributed by atoms with Crippen LogP contribution in [0.2, 0.25) is 0 Å². The lowest BCUT2D eigenvalue weighted by Crippen LogP contribution is -2.57. The molecule has 3 N–H and O–H groups in total. The average molecular weight is 564 g/mol. The van der Waals surface area contributed by atoms with E-state index in [0.717, 1.165) is 43.2 Å². The Morgan fingerprint density at radius 3 is 2.05 bits per heavy atom. The zero-order chi connectivity index (χ0) is 29.4. The number of nitrogens with one attached hydrogen (secondary N) is 3. The lowest BCUT2D eigenvalue weighted by molar-refractivity contribution is -0.134. The van der Waals surface area contributed by atoms with Crippen molar-refractivity contribution < 1.29 is 28.7 Å². The molecule has 9 nitrogen and oxygen atoms in total. The highest BCUT2D eigenvalue weighted by molar-refractivity contribution is 5.98. The second-order valence-electron chi connectivity index (χ2n) is 11.3. The van der Waals surface area contributed by atoms with Crippen molar-refractivity contribution in [1.29, 1.82) is 0 Å². The second-order valence-corrected chi connectivity index (χ2v) is 11.3. The minimum atomic E-state index is -0.982. The molecule has 0 bridgehead atoms. The van der Waals surface area contributed by atoms with Gasteiger partial charge in [-0.15, -0.1) is 0 Å². The van der Waals surface area contributed by atoms with Gasteiger partial charge in [-0.05, 0) is 56.4 Å². The Hall–Kier alpha value is -3.72. The van der Waals surface area contributed by atoms with E-state index < -0.39 is 35.5 Å². The molecule has 9 heteroatoms. The van der Waals surface area contributed by atoms with E-state index in [2.05, 4.69) is 16.0 Å². The number of methoxy groups -OCH3 is 1. The molecular formula is C32H41N3O6. The molecule has 0 aromatic heterocycles. The van der Waals surface area contributed by atoms with E-state index in [0.29, 0.717) is 18.8 Å². The molecule has 3 amide bonds. The first-order valence-corrected chi connectivity index (χ1v) is 14.4. The summed E-state index contributed by atoms with van der Waals surface area (Å²) in [7, 11) is 1.57. The summed E-state index contributed by atoms with van der Waals surface area (Å²) in [6.07, 6.45) is 5.27. The van der Waals surface area contributed by atoms with E-state index in [1.54, 1.807) is 33.1 Å². The van der Waals surface area contributed by atoms with Crippen LogP contribution >= 0.6 is 0 Å². The maximum atomic E-state index is 13.7. The largest absolute Gasteiger partial charge is 0.497 e. The fraction of sp³-hybridized carbons (Fsp3) is 0.500. The number of hydrogen-bond donors (Lipinski definition) is 3. The van der Waals surface area contributed by atoms with Crippen LogP contribution in [0.15, 0.2) is 54.6 Å². The predicted octanol–water partition coefficient (Wildman–Crippen LogP) is 2.89. The molecular weight excluding hydrogens is 522 g/mol. The molecule has 220 valence electrons. The molecule has 4 rings (SSSR count). The molecule has 4 atom stereocenters. The summed E-state index contributed by atoms with van der Waals surface area (Å²) >= 11 is 0. The van der Waals surface area contributed by atoms with Crippen LogP contribution in [0.1, 0.15) is 57.1 Å². The molecule has 2 fully saturated rings. The lowest BCUT2D eigenvalue weighted by Gasteiger charge is -2.26. The highest BCUT2D eigenvalue weighted by Gasteiger charge is 2.50. The zero-order valence-corrected chi connectivity index (χ0v) is 24.1. The van der Waals surface area contributed by atoms with Gasteiger partial charge in [0.05, 0.1) is 19.8 Å². The summed E-state index contributed by atoms with van der Waals surface area (Å²) in [6, 6.07) is 14.0. The summed E-state index contributed by atoms with van der Waals surface area (Å²) in [6.45, 7) is 3.63. The molecule has 1 aliphatic heterocycles. The third-order valence-electron chi connectivity index (χ3n) is 7.97. The summed E-state index contributed by atoms with van der Waals surface area (Å²) in [4.78, 5) is 53.0. The molecule has 1 heterocycles. The predicted molar refractivity (Wildman–Crippen MR) is 154 cm³/mol. The number of hydrogen-bond acceptors (Lipinski definition) is 6. The molecule has 0 spiro atoms. The Balaban J connectivity index is 1.49. The van der Waals surface area contributed by atoms with Crippen molar-refractivity contribution in [3.8, 4) is 5.75 Å². The number of rotatable bonds is 13. The standard InChI is InChI=1S/C32H41N3O6/c1-21(33-30(38)24-12-8-5-9-13-24)29(37)35-27(19-23-14-16-25(40-3)17-15-23)31(39)34-26(28(36)32(2)20-41-32)18-22-10-6-4-7-11-22/h4,6-7,10-11,14-17,21,24,26-27H,5,8-9,12-13,18-20H2,1-3H3,(H,33,38)(H,34,39)(H,35,37)/t21-,26+,27+,32-/m1/s1. The van der Waals surface area contributed by atoms with Crippen LogP contribution in [-0.2, 0) is 36.8 Å². The first-order valence-electron chi connectivity index (χ1n) is 14.4. The van der Waals surface area contributed by atoms with Gasteiger partial charge in [-0.1, -0.05) is 61.7 Å². The normalized spacial score (nSPS) is 20.7. The van der Waals surface area contributed by atoms with Gasteiger partial charge in [0.15, 0.2) is 5.78 Å². The molecule has 2 aliphatic rings. The van der Waals surface area contributed by atoms with E-state index in [1.165, 1.54) is 0 Å². The SMILES string of the molecule is COc1ccc(C[C@H](NC(=O)[C@@H](C)NC(=O)C2CCCCC2)C(=O)N[C@@H](Cc2ccccc2)C(=O)[C@@]2(C)CO2)cc1. The topological polar surface area (TPSA) is 126 Å². The van der Waals surface area contributed by atoms with E-state index in [4.69, 9.17) is 9.47 Å². The molecule has 41 heavy (non-hydrogen) atoms. The minimum absolute atomic E-state index is 0.0897. The maximum Gasteiger partial charge on any atom is 0.243 e. The molecule has 1 saturated heterocycles. The number of epoxide rings is 1. The number of ketones is 1. The van der Waals surface area contributed by atoms with E-state index in [9.17, 15) is 19.2 Å². The van der Waals surface area contributed by atoms with Gasteiger partial charge in [0, 0.05) is 12.3 Å². The quantitative estimate of drug-likeness (QED) is 0.322. The lowest BCUT2D eigenvalue weighted by atomic mass is 9.88. The van der Waals surface area contributed by atoms with Crippen molar-refractivity contribution in [2.24, 2.45) is 5.92 Å². The first kappa shape index (κ1) is 30.2. The number of benzene rings is 2. The van der Waals surface area contributed by atoms with Gasteiger partial charge in [-0.25, -0.2) is 0 Å². The van der Waals surface area contributed by atoms with Crippen molar-refractivity contribution in [2.75, 3.05) is 13.7 Å². The highest BCUT2D eigenvalue weighted by Crippen LogP contribution is 2.29. The number of carbonyl (C=O) groups excluding carboxylic acids is 4. The van der Waals surface area contributed by atoms with Gasteiger partial charge in [-0.3, -0.25) is 19.2 Å².